The maximum absolute atomic E-state index is 9.31. The molecule has 3 heteroatoms. The molecule has 2 rings (SSSR count). The van der Waals surface area contributed by atoms with Crippen LogP contribution in [-0.2, 0) is 6.42 Å². The lowest BCUT2D eigenvalue weighted by Gasteiger charge is -2.16. The minimum atomic E-state index is -0.658. The summed E-state index contributed by atoms with van der Waals surface area (Å²) in [6, 6.07) is 6.88. The lowest BCUT2D eigenvalue weighted by Crippen LogP contribution is -2.31. The van der Waals surface area contributed by atoms with E-state index in [0.29, 0.717) is 12.6 Å². The van der Waals surface area contributed by atoms with Crippen molar-refractivity contribution in [3.63, 3.8) is 0 Å². The van der Waals surface area contributed by atoms with Gasteiger partial charge in [-0.25, -0.2) is 0 Å². The predicted octanol–water partition coefficient (Wildman–Crippen LogP) is 0.925. The highest BCUT2D eigenvalue weighted by Gasteiger charge is 2.22. The molecule has 2 atom stereocenters. The highest BCUT2D eigenvalue weighted by molar-refractivity contribution is 5.37. The zero-order chi connectivity index (χ0) is 11.5. The van der Waals surface area contributed by atoms with Crippen molar-refractivity contribution in [2.24, 2.45) is 0 Å². The SMILES string of the molecule is Cc1ccc2c(c1)C(NCC(O)CO)CC2. The van der Waals surface area contributed by atoms with Crippen LogP contribution in [0, 0.1) is 6.92 Å². The molecule has 3 N–H and O–H groups in total. The third-order valence-electron chi connectivity index (χ3n) is 3.19. The van der Waals surface area contributed by atoms with E-state index in [4.69, 9.17) is 5.11 Å². The maximum Gasteiger partial charge on any atom is 0.0895 e. The van der Waals surface area contributed by atoms with Crippen LogP contribution >= 0.6 is 0 Å². The Balaban J connectivity index is 2.02. The lowest BCUT2D eigenvalue weighted by molar-refractivity contribution is 0.0919. The van der Waals surface area contributed by atoms with Crippen LogP contribution < -0.4 is 5.32 Å². The Morgan fingerprint density at radius 1 is 1.50 bits per heavy atom. The first-order valence-corrected chi connectivity index (χ1v) is 5.82. The topological polar surface area (TPSA) is 52.5 Å². The van der Waals surface area contributed by atoms with E-state index >= 15 is 0 Å². The summed E-state index contributed by atoms with van der Waals surface area (Å²) in [5.74, 6) is 0. The van der Waals surface area contributed by atoms with E-state index in [0.717, 1.165) is 12.8 Å². The van der Waals surface area contributed by atoms with Gasteiger partial charge in [-0.3, -0.25) is 0 Å². The van der Waals surface area contributed by atoms with E-state index in [2.05, 4.69) is 30.4 Å². The zero-order valence-corrected chi connectivity index (χ0v) is 9.61. The summed E-state index contributed by atoms with van der Waals surface area (Å²) in [7, 11) is 0. The number of benzene rings is 1. The molecule has 3 nitrogen and oxygen atoms in total. The Hall–Kier alpha value is -0.900. The van der Waals surface area contributed by atoms with Crippen LogP contribution in [0.15, 0.2) is 18.2 Å². The van der Waals surface area contributed by atoms with Crippen LogP contribution in [0.4, 0.5) is 0 Å². The van der Waals surface area contributed by atoms with E-state index < -0.39 is 6.10 Å². The third kappa shape index (κ3) is 2.43. The molecule has 0 saturated carbocycles. The van der Waals surface area contributed by atoms with E-state index in [1.807, 2.05) is 0 Å². The molecule has 0 radical (unpaired) electrons. The van der Waals surface area contributed by atoms with Gasteiger partial charge in [-0.1, -0.05) is 23.8 Å². The van der Waals surface area contributed by atoms with Crippen LogP contribution in [0.3, 0.4) is 0 Å². The third-order valence-corrected chi connectivity index (χ3v) is 3.19. The lowest BCUT2D eigenvalue weighted by atomic mass is 10.0. The van der Waals surface area contributed by atoms with Gasteiger partial charge in [-0.2, -0.15) is 0 Å². The quantitative estimate of drug-likeness (QED) is 0.709. The smallest absolute Gasteiger partial charge is 0.0895 e. The summed E-state index contributed by atoms with van der Waals surface area (Å²) >= 11 is 0. The number of aliphatic hydroxyl groups is 2. The summed E-state index contributed by atoms with van der Waals surface area (Å²) in [6.45, 7) is 2.37. The van der Waals surface area contributed by atoms with Crippen LogP contribution in [0.25, 0.3) is 0 Å². The van der Waals surface area contributed by atoms with Gasteiger partial charge < -0.3 is 15.5 Å². The summed E-state index contributed by atoms with van der Waals surface area (Å²) in [5.41, 5.74) is 4.03. The van der Waals surface area contributed by atoms with Crippen molar-refractivity contribution in [2.75, 3.05) is 13.2 Å². The molecule has 0 aliphatic heterocycles. The summed E-state index contributed by atoms with van der Waals surface area (Å²) in [6.07, 6.45) is 1.52. The van der Waals surface area contributed by atoms with Crippen molar-refractivity contribution in [3.05, 3.63) is 34.9 Å². The molecule has 0 saturated heterocycles. The zero-order valence-electron chi connectivity index (χ0n) is 9.61. The number of fused-ring (bicyclic) bond motifs is 1. The van der Waals surface area contributed by atoms with Crippen LogP contribution in [0.1, 0.15) is 29.2 Å². The van der Waals surface area contributed by atoms with Gasteiger partial charge in [-0.15, -0.1) is 0 Å². The first kappa shape index (κ1) is 11.6. The maximum atomic E-state index is 9.31. The minimum Gasteiger partial charge on any atom is -0.394 e. The van der Waals surface area contributed by atoms with Crippen molar-refractivity contribution in [3.8, 4) is 0 Å². The Morgan fingerprint density at radius 2 is 2.31 bits per heavy atom. The minimum absolute atomic E-state index is 0.180. The molecule has 2 unspecified atom stereocenters. The van der Waals surface area contributed by atoms with Crippen LogP contribution in [0.2, 0.25) is 0 Å². The number of aliphatic hydroxyl groups excluding tert-OH is 2. The average molecular weight is 221 g/mol. The molecule has 0 spiro atoms. The highest BCUT2D eigenvalue weighted by atomic mass is 16.3. The fourth-order valence-corrected chi connectivity index (χ4v) is 2.28. The van der Waals surface area contributed by atoms with Crippen LogP contribution in [-0.4, -0.2) is 29.5 Å². The number of rotatable bonds is 4. The summed E-state index contributed by atoms with van der Waals surface area (Å²) < 4.78 is 0. The van der Waals surface area contributed by atoms with Gasteiger partial charge in [0, 0.05) is 12.6 Å². The molecule has 1 aliphatic carbocycles. The fraction of sp³-hybridized carbons (Fsp3) is 0.538. The first-order chi connectivity index (χ1) is 7.70. The molecule has 1 aliphatic rings. The standard InChI is InChI=1S/C13H19NO2/c1-9-2-3-10-4-5-13(12(10)6-9)14-7-11(16)8-15/h2-3,6,11,13-16H,4-5,7-8H2,1H3. The first-order valence-electron chi connectivity index (χ1n) is 5.82. The highest BCUT2D eigenvalue weighted by Crippen LogP contribution is 2.31. The van der Waals surface area contributed by atoms with E-state index in [-0.39, 0.29) is 6.61 Å². The van der Waals surface area contributed by atoms with Crippen molar-refractivity contribution in [1.82, 2.24) is 5.32 Å². The van der Waals surface area contributed by atoms with E-state index in [1.54, 1.807) is 0 Å². The monoisotopic (exact) mass is 221 g/mol. The van der Waals surface area contributed by atoms with Gasteiger partial charge in [0.15, 0.2) is 0 Å². The Labute approximate surface area is 96.1 Å². The van der Waals surface area contributed by atoms with Crippen molar-refractivity contribution >= 4 is 0 Å². The molecule has 0 aromatic heterocycles. The van der Waals surface area contributed by atoms with E-state index in [9.17, 15) is 5.11 Å². The Kier molecular flexibility index (Phi) is 3.59. The fourth-order valence-electron chi connectivity index (χ4n) is 2.28. The molecule has 0 amide bonds. The Bertz CT molecular complexity index is 365. The molecule has 88 valence electrons. The molecule has 1 aromatic carbocycles. The number of hydrogen-bond donors (Lipinski definition) is 3. The van der Waals surface area contributed by atoms with Gasteiger partial charge in [0.2, 0.25) is 0 Å². The summed E-state index contributed by atoms with van der Waals surface area (Å²) in [4.78, 5) is 0. The van der Waals surface area contributed by atoms with Gasteiger partial charge in [0.25, 0.3) is 0 Å². The Morgan fingerprint density at radius 3 is 3.06 bits per heavy atom. The largest absolute Gasteiger partial charge is 0.394 e. The molecule has 0 heterocycles. The second-order valence-electron chi connectivity index (χ2n) is 4.54. The molecule has 0 bridgehead atoms. The van der Waals surface area contributed by atoms with Gasteiger partial charge in [0.05, 0.1) is 12.7 Å². The second-order valence-corrected chi connectivity index (χ2v) is 4.54. The second kappa shape index (κ2) is 4.95. The average Bonchev–Trinajstić information content (AvgIpc) is 2.68. The molecular formula is C13H19NO2. The summed E-state index contributed by atoms with van der Waals surface area (Å²) in [5, 5.41) is 21.4. The number of hydrogen-bond acceptors (Lipinski definition) is 3. The number of aryl methyl sites for hydroxylation is 2. The van der Waals surface area contributed by atoms with Gasteiger partial charge >= 0.3 is 0 Å². The van der Waals surface area contributed by atoms with Crippen LogP contribution in [0.5, 0.6) is 0 Å². The molecule has 1 aromatic rings. The number of nitrogens with one attached hydrogen (secondary N) is 1. The van der Waals surface area contributed by atoms with Gasteiger partial charge in [0.1, 0.15) is 0 Å². The molecular weight excluding hydrogens is 202 g/mol. The van der Waals surface area contributed by atoms with Crippen molar-refractivity contribution in [2.45, 2.75) is 31.9 Å². The molecule has 16 heavy (non-hydrogen) atoms. The molecule has 0 fully saturated rings. The van der Waals surface area contributed by atoms with Gasteiger partial charge in [-0.05, 0) is 30.9 Å². The normalized spacial score (nSPS) is 20.8. The van der Waals surface area contributed by atoms with Crippen molar-refractivity contribution in [1.29, 1.82) is 0 Å². The predicted molar refractivity (Wildman–Crippen MR) is 63.3 cm³/mol. The van der Waals surface area contributed by atoms with E-state index in [1.165, 1.54) is 16.7 Å². The van der Waals surface area contributed by atoms with Crippen molar-refractivity contribution < 1.29 is 10.2 Å².